The normalized spacial score (nSPS) is 18.8. The Kier molecular flexibility index (Phi) is 8.94. The molecule has 0 spiro atoms. The highest BCUT2D eigenvalue weighted by molar-refractivity contribution is 5.84. The van der Waals surface area contributed by atoms with Crippen molar-refractivity contribution in [2.75, 3.05) is 53.6 Å². The number of carbonyl (C=O) groups is 1. The zero-order valence-corrected chi connectivity index (χ0v) is 14.9. The first-order valence-corrected chi connectivity index (χ1v) is 8.32. The van der Waals surface area contributed by atoms with Gasteiger partial charge in [-0.25, -0.2) is 0 Å². The molecule has 1 fully saturated rings. The molecular weight excluding hydrogens is 296 g/mol. The zero-order chi connectivity index (χ0) is 17.1. The van der Waals surface area contributed by atoms with Crippen LogP contribution in [-0.2, 0) is 14.3 Å². The minimum atomic E-state index is -0.487. The highest BCUT2D eigenvalue weighted by atomic mass is 16.5. The second-order valence-corrected chi connectivity index (χ2v) is 6.47. The quantitative estimate of drug-likeness (QED) is 0.323. The Balaban J connectivity index is 2.10. The molecule has 7 heteroatoms. The van der Waals surface area contributed by atoms with Crippen molar-refractivity contribution in [3.05, 3.63) is 0 Å². The molecule has 1 rings (SSSR count). The van der Waals surface area contributed by atoms with E-state index >= 15 is 0 Å². The lowest BCUT2D eigenvalue weighted by molar-refractivity contribution is -0.128. The van der Waals surface area contributed by atoms with Crippen molar-refractivity contribution in [2.45, 2.75) is 26.7 Å². The molecule has 1 heterocycles. The molecule has 0 aromatic rings. The number of nitrogens with zero attached hydrogens (tertiary/aromatic N) is 1. The molecule has 23 heavy (non-hydrogen) atoms. The molecular formula is C16H32N4O3. The van der Waals surface area contributed by atoms with Gasteiger partial charge in [0.1, 0.15) is 0 Å². The van der Waals surface area contributed by atoms with Crippen molar-refractivity contribution in [1.29, 1.82) is 0 Å². The van der Waals surface area contributed by atoms with E-state index in [0.717, 1.165) is 45.8 Å². The van der Waals surface area contributed by atoms with E-state index in [4.69, 9.17) is 9.47 Å². The zero-order valence-electron chi connectivity index (χ0n) is 14.9. The molecule has 0 radical (unpaired) electrons. The summed E-state index contributed by atoms with van der Waals surface area (Å²) in [4.78, 5) is 15.9. The summed E-state index contributed by atoms with van der Waals surface area (Å²) in [5, 5.41) is 9.08. The number of amides is 1. The van der Waals surface area contributed by atoms with E-state index in [1.807, 2.05) is 13.8 Å². The Labute approximate surface area is 139 Å². The topological polar surface area (TPSA) is 84.0 Å². The van der Waals surface area contributed by atoms with Crippen LogP contribution in [-0.4, -0.2) is 65.5 Å². The van der Waals surface area contributed by atoms with Crippen LogP contribution in [0.4, 0.5) is 0 Å². The monoisotopic (exact) mass is 328 g/mol. The first kappa shape index (κ1) is 19.7. The van der Waals surface area contributed by atoms with Crippen molar-refractivity contribution in [3.8, 4) is 0 Å². The average molecular weight is 328 g/mol. The van der Waals surface area contributed by atoms with Crippen molar-refractivity contribution < 1.29 is 14.3 Å². The van der Waals surface area contributed by atoms with Crippen LogP contribution in [0.3, 0.4) is 0 Å². The Morgan fingerprint density at radius 3 is 2.78 bits per heavy atom. The predicted octanol–water partition coefficient (Wildman–Crippen LogP) is 0.367. The van der Waals surface area contributed by atoms with Gasteiger partial charge in [-0.15, -0.1) is 0 Å². The minimum absolute atomic E-state index is 0.00439. The minimum Gasteiger partial charge on any atom is -0.381 e. The van der Waals surface area contributed by atoms with Crippen LogP contribution >= 0.6 is 0 Å². The van der Waals surface area contributed by atoms with Gasteiger partial charge >= 0.3 is 0 Å². The van der Waals surface area contributed by atoms with Gasteiger partial charge in [-0.1, -0.05) is 0 Å². The Morgan fingerprint density at radius 1 is 1.39 bits per heavy atom. The molecule has 0 aromatic heterocycles. The second-order valence-electron chi connectivity index (χ2n) is 6.47. The molecule has 7 nitrogen and oxygen atoms in total. The number of guanidine groups is 1. The van der Waals surface area contributed by atoms with Gasteiger partial charge in [-0.2, -0.15) is 0 Å². The van der Waals surface area contributed by atoms with Gasteiger partial charge in [0.2, 0.25) is 5.91 Å². The SMILES string of the molecule is CN=C(NCCCOCC1CCOC1)NCC(C)(C)C(=O)NC. The molecule has 1 aliphatic heterocycles. The Hall–Kier alpha value is -1.34. The third-order valence-corrected chi connectivity index (χ3v) is 3.90. The summed E-state index contributed by atoms with van der Waals surface area (Å²) in [6.07, 6.45) is 2.02. The van der Waals surface area contributed by atoms with Crippen LogP contribution in [0.5, 0.6) is 0 Å². The maximum Gasteiger partial charge on any atom is 0.227 e. The van der Waals surface area contributed by atoms with Gasteiger partial charge < -0.3 is 25.4 Å². The summed E-state index contributed by atoms with van der Waals surface area (Å²) in [6.45, 7) is 8.29. The van der Waals surface area contributed by atoms with E-state index in [1.165, 1.54) is 0 Å². The summed E-state index contributed by atoms with van der Waals surface area (Å²) in [6, 6.07) is 0. The van der Waals surface area contributed by atoms with Gasteiger partial charge in [0.25, 0.3) is 0 Å². The lowest BCUT2D eigenvalue weighted by Gasteiger charge is -2.24. The van der Waals surface area contributed by atoms with Gasteiger partial charge in [0, 0.05) is 46.3 Å². The van der Waals surface area contributed by atoms with Crippen LogP contribution in [0.15, 0.2) is 4.99 Å². The Bertz CT molecular complexity index is 380. The van der Waals surface area contributed by atoms with Crippen LogP contribution in [0.25, 0.3) is 0 Å². The van der Waals surface area contributed by atoms with Gasteiger partial charge in [0.15, 0.2) is 5.96 Å². The molecule has 0 bridgehead atoms. The highest BCUT2D eigenvalue weighted by Gasteiger charge is 2.26. The second kappa shape index (κ2) is 10.4. The largest absolute Gasteiger partial charge is 0.381 e. The molecule has 134 valence electrons. The van der Waals surface area contributed by atoms with E-state index in [2.05, 4.69) is 20.9 Å². The maximum atomic E-state index is 11.7. The number of carbonyl (C=O) groups excluding carboxylic acids is 1. The van der Waals surface area contributed by atoms with E-state index in [9.17, 15) is 4.79 Å². The smallest absolute Gasteiger partial charge is 0.227 e. The van der Waals surface area contributed by atoms with Crippen molar-refractivity contribution in [3.63, 3.8) is 0 Å². The lowest BCUT2D eigenvalue weighted by Crippen LogP contribution is -2.47. The summed E-state index contributed by atoms with van der Waals surface area (Å²) in [5.41, 5.74) is -0.487. The summed E-state index contributed by atoms with van der Waals surface area (Å²) < 4.78 is 11.0. The number of hydrogen-bond acceptors (Lipinski definition) is 4. The van der Waals surface area contributed by atoms with Crippen LogP contribution in [0.2, 0.25) is 0 Å². The molecule has 1 amide bonds. The van der Waals surface area contributed by atoms with E-state index < -0.39 is 5.41 Å². The molecule has 0 saturated carbocycles. The molecule has 1 saturated heterocycles. The molecule has 1 unspecified atom stereocenters. The number of rotatable bonds is 9. The van der Waals surface area contributed by atoms with Crippen molar-refractivity contribution in [2.24, 2.45) is 16.3 Å². The average Bonchev–Trinajstić information content (AvgIpc) is 3.05. The fourth-order valence-corrected chi connectivity index (χ4v) is 2.29. The molecule has 1 aliphatic rings. The summed E-state index contributed by atoms with van der Waals surface area (Å²) in [7, 11) is 3.37. The fraction of sp³-hybridized carbons (Fsp3) is 0.875. The van der Waals surface area contributed by atoms with Crippen molar-refractivity contribution in [1.82, 2.24) is 16.0 Å². The summed E-state index contributed by atoms with van der Waals surface area (Å²) in [5.74, 6) is 1.26. The van der Waals surface area contributed by atoms with Crippen LogP contribution in [0, 0.1) is 11.3 Å². The molecule has 1 atom stereocenters. The number of nitrogens with one attached hydrogen (secondary N) is 3. The van der Waals surface area contributed by atoms with Crippen LogP contribution < -0.4 is 16.0 Å². The lowest BCUT2D eigenvalue weighted by atomic mass is 9.92. The standard InChI is InChI=1S/C16H32N4O3/c1-16(2,14(21)17-3)12-20-15(18-4)19-7-5-8-22-10-13-6-9-23-11-13/h13H,5-12H2,1-4H3,(H,17,21)(H2,18,19,20). The van der Waals surface area contributed by atoms with Gasteiger partial charge in [-0.3, -0.25) is 9.79 Å². The van der Waals surface area contributed by atoms with Gasteiger partial charge in [-0.05, 0) is 26.7 Å². The van der Waals surface area contributed by atoms with Gasteiger partial charge in [0.05, 0.1) is 18.6 Å². The third kappa shape index (κ3) is 7.65. The number of ether oxygens (including phenoxy) is 2. The van der Waals surface area contributed by atoms with E-state index in [0.29, 0.717) is 18.4 Å². The first-order chi connectivity index (χ1) is 11.0. The predicted molar refractivity (Wildman–Crippen MR) is 91.6 cm³/mol. The highest BCUT2D eigenvalue weighted by Crippen LogP contribution is 2.13. The number of hydrogen-bond donors (Lipinski definition) is 3. The summed E-state index contributed by atoms with van der Waals surface area (Å²) >= 11 is 0. The third-order valence-electron chi connectivity index (χ3n) is 3.90. The fourth-order valence-electron chi connectivity index (χ4n) is 2.29. The molecule has 0 aromatic carbocycles. The number of aliphatic imine (C=N–C) groups is 1. The van der Waals surface area contributed by atoms with Crippen molar-refractivity contribution >= 4 is 11.9 Å². The first-order valence-electron chi connectivity index (χ1n) is 8.32. The molecule has 0 aliphatic carbocycles. The maximum absolute atomic E-state index is 11.7. The Morgan fingerprint density at radius 2 is 2.17 bits per heavy atom. The van der Waals surface area contributed by atoms with E-state index in [-0.39, 0.29) is 5.91 Å². The van der Waals surface area contributed by atoms with E-state index in [1.54, 1.807) is 14.1 Å². The van der Waals surface area contributed by atoms with Crippen LogP contribution in [0.1, 0.15) is 26.7 Å². The molecule has 3 N–H and O–H groups in total.